The molecule has 2 aromatic carbocycles. The minimum absolute atomic E-state index is 0.159. The second-order valence-electron chi connectivity index (χ2n) is 7.68. The molecule has 2 aliphatic heterocycles. The highest BCUT2D eigenvalue weighted by molar-refractivity contribution is 7.18. The Labute approximate surface area is 189 Å². The maximum Gasteiger partial charge on any atom is 0.231 e. The summed E-state index contributed by atoms with van der Waals surface area (Å²) in [4.78, 5) is 20.0. The fourth-order valence-corrected chi connectivity index (χ4v) is 4.64. The van der Waals surface area contributed by atoms with Gasteiger partial charge >= 0.3 is 0 Å². The van der Waals surface area contributed by atoms with Crippen molar-refractivity contribution in [1.82, 2.24) is 9.88 Å². The van der Waals surface area contributed by atoms with Crippen molar-refractivity contribution in [3.05, 3.63) is 52.9 Å². The molecule has 0 radical (unpaired) electrons. The van der Waals surface area contributed by atoms with Crippen LogP contribution in [0.5, 0.6) is 17.2 Å². The first-order chi connectivity index (χ1) is 15.7. The Morgan fingerprint density at radius 1 is 1.12 bits per heavy atom. The average Bonchev–Trinajstić information content (AvgIpc) is 3.55. The van der Waals surface area contributed by atoms with Gasteiger partial charge in [0.05, 0.1) is 0 Å². The van der Waals surface area contributed by atoms with Crippen molar-refractivity contribution >= 4 is 33.8 Å². The fraction of sp³-hybridized carbons (Fsp3) is 0.304. The van der Waals surface area contributed by atoms with E-state index in [0.29, 0.717) is 33.7 Å². The van der Waals surface area contributed by atoms with Crippen LogP contribution in [0, 0.1) is 0 Å². The van der Waals surface area contributed by atoms with Gasteiger partial charge in [-0.1, -0.05) is 11.3 Å². The summed E-state index contributed by atoms with van der Waals surface area (Å²) in [6, 6.07) is 12.8. The molecule has 8 nitrogen and oxygen atoms in total. The third-order valence-corrected chi connectivity index (χ3v) is 6.46. The van der Waals surface area contributed by atoms with Crippen LogP contribution in [-0.4, -0.2) is 48.7 Å². The number of rotatable bonds is 8. The number of likely N-dealkylation sites (tertiary alicyclic amines) is 1. The van der Waals surface area contributed by atoms with Gasteiger partial charge < -0.3 is 25.3 Å². The van der Waals surface area contributed by atoms with Crippen LogP contribution in [0.4, 0.5) is 16.6 Å². The van der Waals surface area contributed by atoms with Gasteiger partial charge in [-0.05, 0) is 68.4 Å². The normalized spacial score (nSPS) is 15.1. The van der Waals surface area contributed by atoms with Crippen molar-refractivity contribution in [2.75, 3.05) is 44.1 Å². The summed E-state index contributed by atoms with van der Waals surface area (Å²) in [6.45, 7) is 4.14. The zero-order valence-corrected chi connectivity index (χ0v) is 18.3. The molecule has 2 aliphatic rings. The van der Waals surface area contributed by atoms with Gasteiger partial charge in [0.2, 0.25) is 12.6 Å². The molecule has 0 aliphatic carbocycles. The molecule has 0 atom stereocenters. The smallest absolute Gasteiger partial charge is 0.231 e. The Morgan fingerprint density at radius 3 is 2.72 bits per heavy atom. The van der Waals surface area contributed by atoms with Crippen LogP contribution in [0.1, 0.15) is 28.1 Å². The molecule has 166 valence electrons. The summed E-state index contributed by atoms with van der Waals surface area (Å²) in [5, 5.41) is 3.76. The van der Waals surface area contributed by atoms with E-state index in [4.69, 9.17) is 19.9 Å². The van der Waals surface area contributed by atoms with Crippen molar-refractivity contribution in [3.63, 3.8) is 0 Å². The van der Waals surface area contributed by atoms with E-state index in [0.717, 1.165) is 18.0 Å². The van der Waals surface area contributed by atoms with Gasteiger partial charge in [0.15, 0.2) is 16.6 Å². The number of ketones is 1. The molecule has 1 aromatic heterocycles. The lowest BCUT2D eigenvalue weighted by Gasteiger charge is -2.15. The number of carbonyl (C=O) groups excluding carboxylic acids is 1. The van der Waals surface area contributed by atoms with E-state index in [-0.39, 0.29) is 18.4 Å². The Balaban J connectivity index is 1.20. The van der Waals surface area contributed by atoms with Crippen molar-refractivity contribution < 1.29 is 19.0 Å². The predicted octanol–water partition coefficient (Wildman–Crippen LogP) is 3.90. The number of thiazole rings is 1. The monoisotopic (exact) mass is 452 g/mol. The third kappa shape index (κ3) is 4.49. The Morgan fingerprint density at radius 2 is 1.91 bits per heavy atom. The molecule has 1 saturated heterocycles. The van der Waals surface area contributed by atoms with E-state index in [2.05, 4.69) is 15.2 Å². The molecule has 0 saturated carbocycles. The summed E-state index contributed by atoms with van der Waals surface area (Å²) in [5.74, 6) is 2.01. The average molecular weight is 453 g/mol. The van der Waals surface area contributed by atoms with Gasteiger partial charge in [-0.25, -0.2) is 4.98 Å². The van der Waals surface area contributed by atoms with Crippen LogP contribution in [-0.2, 0) is 0 Å². The van der Waals surface area contributed by atoms with Crippen molar-refractivity contribution in [3.8, 4) is 17.2 Å². The lowest BCUT2D eigenvalue weighted by atomic mass is 10.1. The second-order valence-corrected chi connectivity index (χ2v) is 8.68. The summed E-state index contributed by atoms with van der Waals surface area (Å²) < 4.78 is 16.5. The standard InChI is InChI=1S/C23H24N4O4S/c24-22-21(20(28)15-3-8-18-19(13-15)31-14-30-18)32-23(26-22)25-16-4-6-17(7-5-16)29-12-11-27-9-1-2-10-27/h3-8,13H,1-2,9-12,14,24H2,(H,25,26). The molecule has 3 heterocycles. The van der Waals surface area contributed by atoms with Crippen LogP contribution < -0.4 is 25.3 Å². The first-order valence-corrected chi connectivity index (χ1v) is 11.4. The van der Waals surface area contributed by atoms with Gasteiger partial charge in [0.25, 0.3) is 0 Å². The lowest BCUT2D eigenvalue weighted by molar-refractivity contribution is 0.104. The number of carbonyl (C=O) groups is 1. The van der Waals surface area contributed by atoms with E-state index in [9.17, 15) is 4.79 Å². The minimum atomic E-state index is -0.201. The molecule has 5 rings (SSSR count). The molecule has 0 unspecified atom stereocenters. The molecule has 3 N–H and O–H groups in total. The van der Waals surface area contributed by atoms with Crippen molar-refractivity contribution in [2.45, 2.75) is 12.8 Å². The molecule has 32 heavy (non-hydrogen) atoms. The Hall–Kier alpha value is -3.30. The first kappa shape index (κ1) is 20.6. The zero-order chi connectivity index (χ0) is 21.9. The van der Waals surface area contributed by atoms with Crippen LogP contribution in [0.2, 0.25) is 0 Å². The summed E-state index contributed by atoms with van der Waals surface area (Å²) in [5.41, 5.74) is 7.35. The largest absolute Gasteiger partial charge is 0.492 e. The number of nitrogens with one attached hydrogen (secondary N) is 1. The number of hydrogen-bond acceptors (Lipinski definition) is 9. The topological polar surface area (TPSA) is 98.9 Å². The van der Waals surface area contributed by atoms with Crippen LogP contribution in [0.15, 0.2) is 42.5 Å². The third-order valence-electron chi connectivity index (χ3n) is 5.47. The van der Waals surface area contributed by atoms with Crippen molar-refractivity contribution in [1.29, 1.82) is 0 Å². The molecule has 9 heteroatoms. The molecule has 0 bridgehead atoms. The summed E-state index contributed by atoms with van der Waals surface area (Å²) in [7, 11) is 0. The quantitative estimate of drug-likeness (QED) is 0.497. The maximum atomic E-state index is 12.9. The Kier molecular flexibility index (Phi) is 5.83. The highest BCUT2D eigenvalue weighted by Crippen LogP contribution is 2.35. The molecular formula is C23H24N4O4S. The van der Waals surface area contributed by atoms with Gasteiger partial charge in [0, 0.05) is 17.8 Å². The molecule has 0 amide bonds. The Bertz CT molecular complexity index is 1110. The number of benzene rings is 2. The number of nitrogens with zero attached hydrogens (tertiary/aromatic N) is 2. The number of aromatic nitrogens is 1. The maximum absolute atomic E-state index is 12.9. The number of ether oxygens (including phenoxy) is 3. The SMILES string of the molecule is Nc1nc(Nc2ccc(OCCN3CCCC3)cc2)sc1C(=O)c1ccc2c(c1)OCO2. The van der Waals surface area contributed by atoms with Crippen LogP contribution in [0.25, 0.3) is 0 Å². The van der Waals surface area contributed by atoms with E-state index in [1.54, 1.807) is 18.2 Å². The molecule has 1 fully saturated rings. The van der Waals surface area contributed by atoms with Crippen molar-refractivity contribution in [2.24, 2.45) is 0 Å². The summed E-state index contributed by atoms with van der Waals surface area (Å²) in [6.07, 6.45) is 2.57. The minimum Gasteiger partial charge on any atom is -0.492 e. The second kappa shape index (κ2) is 9.05. The number of hydrogen-bond donors (Lipinski definition) is 2. The number of anilines is 3. The first-order valence-electron chi connectivity index (χ1n) is 10.6. The number of fused-ring (bicyclic) bond motifs is 1. The highest BCUT2D eigenvalue weighted by Gasteiger charge is 2.21. The van der Waals surface area contributed by atoms with Gasteiger partial charge in [-0.3, -0.25) is 9.69 Å². The van der Waals surface area contributed by atoms with Gasteiger partial charge in [-0.15, -0.1) is 0 Å². The molecule has 3 aromatic rings. The zero-order valence-electron chi connectivity index (χ0n) is 17.5. The number of nitrogen functional groups attached to an aromatic ring is 1. The van der Waals surface area contributed by atoms with Gasteiger partial charge in [0.1, 0.15) is 23.1 Å². The number of nitrogens with two attached hydrogens (primary N) is 1. The molecular weight excluding hydrogens is 428 g/mol. The molecule has 0 spiro atoms. The summed E-state index contributed by atoms with van der Waals surface area (Å²) >= 11 is 1.22. The van der Waals surface area contributed by atoms with Gasteiger partial charge in [-0.2, -0.15) is 0 Å². The van der Waals surface area contributed by atoms with E-state index in [1.807, 2.05) is 24.3 Å². The fourth-order valence-electron chi connectivity index (χ4n) is 3.77. The van der Waals surface area contributed by atoms with Crippen LogP contribution >= 0.6 is 11.3 Å². The van der Waals surface area contributed by atoms with E-state index >= 15 is 0 Å². The highest BCUT2D eigenvalue weighted by atomic mass is 32.1. The van der Waals surface area contributed by atoms with Crippen LogP contribution in [0.3, 0.4) is 0 Å². The van der Waals surface area contributed by atoms with E-state index in [1.165, 1.54) is 37.3 Å². The predicted molar refractivity (Wildman–Crippen MR) is 123 cm³/mol. The lowest BCUT2D eigenvalue weighted by Crippen LogP contribution is -2.25. The van der Waals surface area contributed by atoms with E-state index < -0.39 is 0 Å².